The molecular formula is C18H30N2O. The number of anilines is 1. The van der Waals surface area contributed by atoms with E-state index >= 15 is 0 Å². The summed E-state index contributed by atoms with van der Waals surface area (Å²) in [4.78, 5) is 2.55. The van der Waals surface area contributed by atoms with Gasteiger partial charge in [0.05, 0.1) is 17.7 Å². The monoisotopic (exact) mass is 290 g/mol. The van der Waals surface area contributed by atoms with Gasteiger partial charge in [0.15, 0.2) is 0 Å². The molecule has 0 radical (unpaired) electrons. The van der Waals surface area contributed by atoms with E-state index in [4.69, 9.17) is 10.5 Å². The zero-order chi connectivity index (χ0) is 15.3. The number of hydrogen-bond acceptors (Lipinski definition) is 3. The van der Waals surface area contributed by atoms with Crippen molar-refractivity contribution in [2.24, 2.45) is 5.73 Å². The first-order valence-electron chi connectivity index (χ1n) is 8.29. The number of nitrogens with zero attached hydrogens (tertiary/aromatic N) is 1. The lowest BCUT2D eigenvalue weighted by Crippen LogP contribution is -2.60. The molecule has 3 heteroatoms. The Balaban J connectivity index is 2.32. The van der Waals surface area contributed by atoms with Crippen molar-refractivity contribution in [2.75, 3.05) is 18.0 Å². The van der Waals surface area contributed by atoms with Crippen LogP contribution in [-0.4, -0.2) is 30.8 Å². The van der Waals surface area contributed by atoms with Crippen molar-refractivity contribution in [1.82, 2.24) is 0 Å². The number of unbranched alkanes of at least 4 members (excludes halogenated alkanes) is 1. The number of ether oxygens (including phenoxy) is 1. The molecule has 2 rings (SSSR count). The molecule has 0 spiro atoms. The lowest BCUT2D eigenvalue weighted by Gasteiger charge is -2.50. The molecule has 1 heterocycles. The number of rotatable bonds is 6. The van der Waals surface area contributed by atoms with Crippen LogP contribution in [0, 0.1) is 0 Å². The predicted molar refractivity (Wildman–Crippen MR) is 89.7 cm³/mol. The Hall–Kier alpha value is -1.06. The van der Waals surface area contributed by atoms with Crippen LogP contribution < -0.4 is 10.6 Å². The Morgan fingerprint density at radius 2 is 1.81 bits per heavy atom. The van der Waals surface area contributed by atoms with Gasteiger partial charge in [-0.3, -0.25) is 0 Å². The molecule has 1 aromatic carbocycles. The molecular weight excluding hydrogens is 260 g/mol. The van der Waals surface area contributed by atoms with Gasteiger partial charge in [-0.2, -0.15) is 0 Å². The van der Waals surface area contributed by atoms with E-state index in [1.54, 1.807) is 0 Å². The summed E-state index contributed by atoms with van der Waals surface area (Å²) >= 11 is 0. The predicted octanol–water partition coefficient (Wildman–Crippen LogP) is 3.58. The van der Waals surface area contributed by atoms with Gasteiger partial charge < -0.3 is 15.4 Å². The van der Waals surface area contributed by atoms with Gasteiger partial charge in [-0.25, -0.2) is 0 Å². The van der Waals surface area contributed by atoms with Crippen LogP contribution in [0.4, 0.5) is 5.69 Å². The second-order valence-electron chi connectivity index (χ2n) is 6.43. The fourth-order valence-corrected chi connectivity index (χ4v) is 3.71. The second kappa shape index (κ2) is 7.28. The highest BCUT2D eigenvalue weighted by Gasteiger charge is 2.42. The average Bonchev–Trinajstić information content (AvgIpc) is 2.47. The summed E-state index contributed by atoms with van der Waals surface area (Å²) in [6, 6.07) is 10.7. The summed E-state index contributed by atoms with van der Waals surface area (Å²) < 4.78 is 5.95. The molecule has 1 aliphatic heterocycles. The van der Waals surface area contributed by atoms with Crippen molar-refractivity contribution in [2.45, 2.75) is 64.2 Å². The Bertz CT molecular complexity index is 410. The largest absolute Gasteiger partial charge is 0.375 e. The van der Waals surface area contributed by atoms with Crippen LogP contribution in [-0.2, 0) is 4.74 Å². The van der Waals surface area contributed by atoms with Crippen LogP contribution in [0.5, 0.6) is 0 Å². The normalized spacial score (nSPS) is 29.3. The van der Waals surface area contributed by atoms with Gasteiger partial charge >= 0.3 is 0 Å². The second-order valence-corrected chi connectivity index (χ2v) is 6.43. The number of nitrogens with two attached hydrogens (primary N) is 1. The first kappa shape index (κ1) is 16.3. The maximum Gasteiger partial charge on any atom is 0.0573 e. The molecule has 2 N–H and O–H groups in total. The summed E-state index contributed by atoms with van der Waals surface area (Å²) in [7, 11) is 0. The highest BCUT2D eigenvalue weighted by molar-refractivity contribution is 5.49. The molecule has 2 unspecified atom stereocenters. The van der Waals surface area contributed by atoms with Gasteiger partial charge in [0.25, 0.3) is 0 Å². The van der Waals surface area contributed by atoms with Crippen LogP contribution >= 0.6 is 0 Å². The van der Waals surface area contributed by atoms with E-state index in [0.29, 0.717) is 6.54 Å². The van der Waals surface area contributed by atoms with Crippen molar-refractivity contribution < 1.29 is 4.74 Å². The molecule has 1 aliphatic rings. The topological polar surface area (TPSA) is 38.5 Å². The van der Waals surface area contributed by atoms with Gasteiger partial charge in [0.2, 0.25) is 0 Å². The molecule has 21 heavy (non-hydrogen) atoms. The van der Waals surface area contributed by atoms with Crippen molar-refractivity contribution in [3.8, 4) is 0 Å². The van der Waals surface area contributed by atoms with Crippen molar-refractivity contribution in [1.29, 1.82) is 0 Å². The molecule has 0 amide bonds. The first-order valence-corrected chi connectivity index (χ1v) is 8.29. The highest BCUT2D eigenvalue weighted by Crippen LogP contribution is 2.36. The van der Waals surface area contributed by atoms with E-state index in [1.807, 2.05) is 0 Å². The van der Waals surface area contributed by atoms with Crippen LogP contribution in [0.1, 0.15) is 46.5 Å². The SMILES string of the molecule is CCCCN(c1ccccc1)C1(CN)CC(C)OC(C)C1. The summed E-state index contributed by atoms with van der Waals surface area (Å²) in [6.45, 7) is 8.33. The fraction of sp³-hybridized carbons (Fsp3) is 0.667. The number of para-hydroxylation sites is 1. The van der Waals surface area contributed by atoms with E-state index in [-0.39, 0.29) is 17.7 Å². The molecule has 1 fully saturated rings. The molecule has 0 bridgehead atoms. The minimum absolute atomic E-state index is 0.0214. The van der Waals surface area contributed by atoms with Gasteiger partial charge in [0.1, 0.15) is 0 Å². The van der Waals surface area contributed by atoms with Crippen molar-refractivity contribution >= 4 is 5.69 Å². The Kier molecular flexibility index (Phi) is 5.65. The third-order valence-electron chi connectivity index (χ3n) is 4.56. The van der Waals surface area contributed by atoms with E-state index in [9.17, 15) is 0 Å². The zero-order valence-electron chi connectivity index (χ0n) is 13.7. The summed E-state index contributed by atoms with van der Waals surface area (Å²) in [5.74, 6) is 0. The Morgan fingerprint density at radius 3 is 2.33 bits per heavy atom. The van der Waals surface area contributed by atoms with Crippen LogP contribution in [0.15, 0.2) is 30.3 Å². The van der Waals surface area contributed by atoms with E-state index < -0.39 is 0 Å². The molecule has 2 atom stereocenters. The average molecular weight is 290 g/mol. The van der Waals surface area contributed by atoms with Gasteiger partial charge in [-0.1, -0.05) is 31.5 Å². The standard InChI is InChI=1S/C18H30N2O/c1-4-5-11-20(17-9-7-6-8-10-17)18(14-19)12-15(2)21-16(3)13-18/h6-10,15-16H,4-5,11-14,19H2,1-3H3. The van der Waals surface area contributed by atoms with E-state index in [0.717, 1.165) is 19.4 Å². The molecule has 1 saturated heterocycles. The summed E-state index contributed by atoms with van der Waals surface area (Å²) in [5.41, 5.74) is 7.59. The van der Waals surface area contributed by atoms with Crippen molar-refractivity contribution in [3.05, 3.63) is 30.3 Å². The van der Waals surface area contributed by atoms with Gasteiger partial charge in [0, 0.05) is 18.8 Å². The maximum absolute atomic E-state index is 6.28. The minimum Gasteiger partial charge on any atom is -0.375 e. The van der Waals surface area contributed by atoms with E-state index in [1.165, 1.54) is 18.5 Å². The van der Waals surface area contributed by atoms with Crippen LogP contribution in [0.2, 0.25) is 0 Å². The summed E-state index contributed by atoms with van der Waals surface area (Å²) in [5, 5.41) is 0. The number of hydrogen-bond donors (Lipinski definition) is 1. The maximum atomic E-state index is 6.28. The molecule has 0 aromatic heterocycles. The smallest absolute Gasteiger partial charge is 0.0573 e. The quantitative estimate of drug-likeness (QED) is 0.870. The molecule has 3 nitrogen and oxygen atoms in total. The minimum atomic E-state index is 0.0214. The summed E-state index contributed by atoms with van der Waals surface area (Å²) in [6.07, 6.45) is 4.94. The highest BCUT2D eigenvalue weighted by atomic mass is 16.5. The third kappa shape index (κ3) is 3.78. The lowest BCUT2D eigenvalue weighted by atomic mass is 9.81. The zero-order valence-corrected chi connectivity index (χ0v) is 13.7. The van der Waals surface area contributed by atoms with Gasteiger partial charge in [-0.15, -0.1) is 0 Å². The molecule has 1 aromatic rings. The van der Waals surface area contributed by atoms with E-state index in [2.05, 4.69) is 56.0 Å². The van der Waals surface area contributed by atoms with Crippen molar-refractivity contribution in [3.63, 3.8) is 0 Å². The molecule has 118 valence electrons. The molecule has 0 aliphatic carbocycles. The lowest BCUT2D eigenvalue weighted by molar-refractivity contribution is -0.0601. The molecule has 0 saturated carbocycles. The third-order valence-corrected chi connectivity index (χ3v) is 4.56. The Labute approximate surface area is 129 Å². The fourth-order valence-electron chi connectivity index (χ4n) is 3.71. The Morgan fingerprint density at radius 1 is 1.19 bits per heavy atom. The van der Waals surface area contributed by atoms with Gasteiger partial charge in [-0.05, 0) is 45.2 Å². The van der Waals surface area contributed by atoms with Crippen LogP contribution in [0.25, 0.3) is 0 Å². The first-order chi connectivity index (χ1) is 10.1. The van der Waals surface area contributed by atoms with Crippen LogP contribution in [0.3, 0.4) is 0 Å². The number of benzene rings is 1.